The van der Waals surface area contributed by atoms with E-state index in [2.05, 4.69) is 4.94 Å². The van der Waals surface area contributed by atoms with Gasteiger partial charge in [-0.3, -0.25) is 0 Å². The van der Waals surface area contributed by atoms with Gasteiger partial charge in [0.15, 0.2) is 0 Å². The number of benzene rings is 1. The van der Waals surface area contributed by atoms with E-state index in [-0.39, 0.29) is 0 Å². The Morgan fingerprint density at radius 3 is 2.82 bits per heavy atom. The molecule has 0 aliphatic carbocycles. The maximum absolute atomic E-state index is 10.4. The van der Waals surface area contributed by atoms with Crippen molar-refractivity contribution >= 4 is 30.7 Å². The summed E-state index contributed by atoms with van der Waals surface area (Å²) in [5.74, 6) is -1.08. The molecule has 0 aromatic heterocycles. The van der Waals surface area contributed by atoms with Crippen LogP contribution in [0.4, 0.5) is 0 Å². The molecule has 1 rings (SSSR count). The van der Waals surface area contributed by atoms with Crippen molar-refractivity contribution in [1.82, 2.24) is 0 Å². The standard InChI is InChI=1S/C7H5O2.CH3.Sn/c8-7(9)6-4-2-1-3-5-6;;/h1-2,4-5H,(H,8,9);1H3;/p-1. The number of carbonyl (C=O) groups excluding carboxylic acids is 1. The molecule has 0 saturated carbocycles. The minimum absolute atomic E-state index is 0.297. The zero-order valence-electron chi connectivity index (χ0n) is 6.13. The number of carboxylic acids is 1. The second kappa shape index (κ2) is 3.76. The van der Waals surface area contributed by atoms with E-state index < -0.39 is 27.1 Å². The molecule has 3 heteroatoms. The van der Waals surface area contributed by atoms with E-state index in [1.165, 1.54) is 3.58 Å². The van der Waals surface area contributed by atoms with Crippen molar-refractivity contribution in [3.8, 4) is 0 Å². The number of hydrogen-bond donors (Lipinski definition) is 0. The van der Waals surface area contributed by atoms with E-state index in [0.29, 0.717) is 5.56 Å². The summed E-state index contributed by atoms with van der Waals surface area (Å²) in [4.78, 5) is 12.5. The fourth-order valence-electron chi connectivity index (χ4n) is 0.802. The third-order valence-corrected chi connectivity index (χ3v) is 3.92. The van der Waals surface area contributed by atoms with E-state index >= 15 is 0 Å². The first kappa shape index (κ1) is 8.58. The molecule has 0 heterocycles. The molecule has 0 fully saturated rings. The monoisotopic (exact) mass is 255 g/mol. The molecule has 2 radical (unpaired) electrons. The van der Waals surface area contributed by atoms with Crippen LogP contribution in [-0.2, 0) is 0 Å². The number of carboxylic acid groups (broad SMARTS) is 1. The molecule has 56 valence electrons. The molecule has 0 saturated heterocycles. The van der Waals surface area contributed by atoms with Crippen molar-refractivity contribution < 1.29 is 9.90 Å². The van der Waals surface area contributed by atoms with Gasteiger partial charge in [0.05, 0.1) is 0 Å². The Hall–Kier alpha value is -0.511. The first-order valence-corrected chi connectivity index (χ1v) is 7.51. The van der Waals surface area contributed by atoms with Crippen LogP contribution in [0.15, 0.2) is 24.3 Å². The topological polar surface area (TPSA) is 40.1 Å². The van der Waals surface area contributed by atoms with Crippen LogP contribution in [0.25, 0.3) is 0 Å². The van der Waals surface area contributed by atoms with Crippen molar-refractivity contribution in [3.05, 3.63) is 29.8 Å². The fraction of sp³-hybridized carbons (Fsp3) is 0.125. The van der Waals surface area contributed by atoms with Crippen molar-refractivity contribution in [2.24, 2.45) is 0 Å². The van der Waals surface area contributed by atoms with Gasteiger partial charge >= 0.3 is 75.4 Å². The molecule has 11 heavy (non-hydrogen) atoms. The Kier molecular flexibility index (Phi) is 2.93. The summed E-state index contributed by atoms with van der Waals surface area (Å²) in [6.07, 6.45) is 0. The summed E-state index contributed by atoms with van der Waals surface area (Å²) < 4.78 is 1.19. The quantitative estimate of drug-likeness (QED) is 0.663. The molecule has 0 bridgehead atoms. The maximum atomic E-state index is 10.4. The predicted octanol–water partition coefficient (Wildman–Crippen LogP) is -0.572. The molecular formula is C8H7O2Sn-. The summed E-state index contributed by atoms with van der Waals surface area (Å²) in [7, 11) is 0. The third kappa shape index (κ3) is 2.22. The zero-order valence-corrected chi connectivity index (χ0v) is 8.98. The van der Waals surface area contributed by atoms with Crippen LogP contribution >= 0.6 is 0 Å². The zero-order chi connectivity index (χ0) is 8.27. The Morgan fingerprint density at radius 2 is 2.27 bits per heavy atom. The Bertz CT molecular complexity index is 271. The van der Waals surface area contributed by atoms with E-state index in [4.69, 9.17) is 0 Å². The number of aromatic carboxylic acids is 1. The van der Waals surface area contributed by atoms with Crippen molar-refractivity contribution in [3.63, 3.8) is 0 Å². The SMILES string of the molecule is [CH3][Sn][c]1cccc(C(=O)[O-])c1. The Labute approximate surface area is 75.5 Å². The average molecular weight is 254 g/mol. The first-order chi connectivity index (χ1) is 5.24. The van der Waals surface area contributed by atoms with Gasteiger partial charge in [-0.15, -0.1) is 0 Å². The van der Waals surface area contributed by atoms with Gasteiger partial charge in [-0.1, -0.05) is 0 Å². The summed E-state index contributed by atoms with van der Waals surface area (Å²) in [5.41, 5.74) is 0.297. The normalized spacial score (nSPS) is 9.55. The predicted molar refractivity (Wildman–Crippen MR) is 42.0 cm³/mol. The molecule has 2 nitrogen and oxygen atoms in total. The molecule has 0 aliphatic heterocycles. The van der Waals surface area contributed by atoms with Crippen LogP contribution in [0.5, 0.6) is 0 Å². The van der Waals surface area contributed by atoms with Crippen LogP contribution in [0.2, 0.25) is 4.94 Å². The molecule has 0 unspecified atom stereocenters. The van der Waals surface area contributed by atoms with E-state index in [9.17, 15) is 9.90 Å². The number of carbonyl (C=O) groups is 1. The van der Waals surface area contributed by atoms with Gasteiger partial charge in [0.25, 0.3) is 0 Å². The third-order valence-electron chi connectivity index (χ3n) is 1.39. The minimum atomic E-state index is -1.08. The second-order valence-corrected chi connectivity index (χ2v) is 5.19. The Morgan fingerprint density at radius 1 is 1.55 bits per heavy atom. The van der Waals surface area contributed by atoms with Crippen LogP contribution < -0.4 is 8.69 Å². The van der Waals surface area contributed by atoms with Gasteiger partial charge in [-0.2, -0.15) is 0 Å². The average Bonchev–Trinajstić information content (AvgIpc) is 2.05. The molecule has 0 N–H and O–H groups in total. The summed E-state index contributed by atoms with van der Waals surface area (Å²) >= 11 is -0.500. The van der Waals surface area contributed by atoms with E-state index in [0.717, 1.165) is 0 Å². The fourth-order valence-corrected chi connectivity index (χ4v) is 2.41. The van der Waals surface area contributed by atoms with Crippen LogP contribution in [-0.4, -0.2) is 27.1 Å². The number of hydrogen-bond acceptors (Lipinski definition) is 2. The van der Waals surface area contributed by atoms with Crippen LogP contribution in [0.1, 0.15) is 10.4 Å². The molecule has 1 aromatic carbocycles. The van der Waals surface area contributed by atoms with Gasteiger partial charge in [-0.05, 0) is 0 Å². The number of rotatable bonds is 2. The van der Waals surface area contributed by atoms with Gasteiger partial charge < -0.3 is 0 Å². The van der Waals surface area contributed by atoms with Gasteiger partial charge in [0, 0.05) is 0 Å². The van der Waals surface area contributed by atoms with Crippen molar-refractivity contribution in [2.45, 2.75) is 4.94 Å². The summed E-state index contributed by atoms with van der Waals surface area (Å²) in [5, 5.41) is 10.4. The second-order valence-electron chi connectivity index (χ2n) is 2.12. The van der Waals surface area contributed by atoms with Gasteiger partial charge in [-0.25, -0.2) is 0 Å². The van der Waals surface area contributed by atoms with E-state index in [1.807, 2.05) is 6.07 Å². The molecule has 0 amide bonds. The van der Waals surface area contributed by atoms with Crippen molar-refractivity contribution in [1.29, 1.82) is 0 Å². The molecule has 0 aliphatic rings. The summed E-state index contributed by atoms with van der Waals surface area (Å²) in [6, 6.07) is 7.01. The van der Waals surface area contributed by atoms with Crippen molar-refractivity contribution in [2.75, 3.05) is 0 Å². The Balaban J connectivity index is 3.01. The summed E-state index contributed by atoms with van der Waals surface area (Å²) in [6.45, 7) is 0. The van der Waals surface area contributed by atoms with Gasteiger partial charge in [0.2, 0.25) is 0 Å². The first-order valence-electron chi connectivity index (χ1n) is 3.23. The van der Waals surface area contributed by atoms with E-state index in [1.54, 1.807) is 18.2 Å². The van der Waals surface area contributed by atoms with Crippen LogP contribution in [0, 0.1) is 0 Å². The van der Waals surface area contributed by atoms with Gasteiger partial charge in [0.1, 0.15) is 0 Å². The molecular weight excluding hydrogens is 247 g/mol. The molecule has 0 atom stereocenters. The van der Waals surface area contributed by atoms with Crippen LogP contribution in [0.3, 0.4) is 0 Å². The molecule has 0 spiro atoms. The molecule has 1 aromatic rings.